The topological polar surface area (TPSA) is 46.5 Å². The Morgan fingerprint density at radius 1 is 0.889 bits per heavy atom. The van der Waals surface area contributed by atoms with Gasteiger partial charge in [0.2, 0.25) is 0 Å². The fraction of sp³-hybridized carbons (Fsp3) is 1.00. The second kappa shape index (κ2) is 10.8. The summed E-state index contributed by atoms with van der Waals surface area (Å²) in [5, 5.41) is 0. The third-order valence-corrected chi connectivity index (χ3v) is 12.5. The number of thiol groups is 1. The van der Waals surface area contributed by atoms with Crippen molar-refractivity contribution in [2.24, 2.45) is 0 Å². The van der Waals surface area contributed by atoms with E-state index in [9.17, 15) is 9.46 Å². The molecule has 0 saturated carbocycles. The molecule has 0 rings (SSSR count). The first-order valence-corrected chi connectivity index (χ1v) is 11.1. The molecule has 0 aliphatic carbocycles. The van der Waals surface area contributed by atoms with Gasteiger partial charge in [-0.05, 0) is 48.7 Å². The number of hydrogen-bond donors (Lipinski definition) is 2. The molecule has 1 N–H and O–H groups in total. The molecule has 0 aromatic rings. The van der Waals surface area contributed by atoms with Gasteiger partial charge in [0.1, 0.15) is 0 Å². The Kier molecular flexibility index (Phi) is 13.5. The van der Waals surface area contributed by atoms with Gasteiger partial charge in [-0.25, -0.2) is 0 Å². The van der Waals surface area contributed by atoms with Crippen LogP contribution in [0.3, 0.4) is 0 Å². The van der Waals surface area contributed by atoms with Gasteiger partial charge < -0.3 is 4.89 Å². The second-order valence-electron chi connectivity index (χ2n) is 5.11. The summed E-state index contributed by atoms with van der Waals surface area (Å²) in [6.45, 7) is 8.61. The van der Waals surface area contributed by atoms with Gasteiger partial charge >= 0.3 is 59.6 Å². The van der Waals surface area contributed by atoms with Crippen LogP contribution in [0.2, 0.25) is 0 Å². The Hall–Kier alpha value is 2.14. The maximum absolute atomic E-state index is 11.3. The van der Waals surface area contributed by atoms with E-state index in [1.165, 1.54) is 0 Å². The van der Waals surface area contributed by atoms with Crippen molar-refractivity contribution in [1.29, 1.82) is 0 Å². The van der Waals surface area contributed by atoms with Crippen LogP contribution in [0.5, 0.6) is 0 Å². The normalized spacial score (nSPS) is 15.5. The predicted molar refractivity (Wildman–Crippen MR) is 89.1 cm³/mol. The molecule has 0 aliphatic heterocycles. The van der Waals surface area contributed by atoms with Gasteiger partial charge in [0.15, 0.2) is 0 Å². The summed E-state index contributed by atoms with van der Waals surface area (Å²) >= 11 is 0. The van der Waals surface area contributed by atoms with Gasteiger partial charge in [-0.2, -0.15) is 9.44 Å². The monoisotopic (exact) mass is 326 g/mol. The van der Waals surface area contributed by atoms with Crippen molar-refractivity contribution >= 4 is 69.1 Å². The Morgan fingerprint density at radius 2 is 1.17 bits per heavy atom. The van der Waals surface area contributed by atoms with E-state index in [0.717, 1.165) is 48.7 Å². The Balaban J connectivity index is 0. The Morgan fingerprint density at radius 3 is 1.33 bits per heavy atom. The second-order valence-corrected chi connectivity index (χ2v) is 11.9. The van der Waals surface area contributed by atoms with Crippen LogP contribution < -0.4 is 0 Å². The molecule has 0 radical (unpaired) electrons. The molecule has 0 fully saturated rings. The fourth-order valence-corrected chi connectivity index (χ4v) is 12.4. The minimum atomic E-state index is -2.83. The van der Waals surface area contributed by atoms with E-state index in [1.807, 2.05) is 0 Å². The summed E-state index contributed by atoms with van der Waals surface area (Å²) in [4.78, 5) is 9.32. The molecule has 3 nitrogen and oxygen atoms in total. The standard InChI is InChI=1S/C12H31O3PS.K.H/c1-5-9-17(10-6-2,11-7-3,12-8-4)15-16(13)14;;/h16-17H,5-12H2,1-4H3,(H,13,14);;. The van der Waals surface area contributed by atoms with Crippen molar-refractivity contribution in [1.82, 2.24) is 0 Å². The zero-order valence-electron chi connectivity index (χ0n) is 11.9. The van der Waals surface area contributed by atoms with E-state index < -0.39 is 17.7 Å². The van der Waals surface area contributed by atoms with Crippen molar-refractivity contribution < 1.29 is 13.4 Å². The van der Waals surface area contributed by atoms with Gasteiger partial charge in [0, 0.05) is 0 Å². The molecule has 0 heterocycles. The maximum atomic E-state index is 11.3. The van der Waals surface area contributed by atoms with Crippen molar-refractivity contribution in [2.45, 2.75) is 53.4 Å². The molecule has 0 saturated heterocycles. The van der Waals surface area contributed by atoms with Crippen LogP contribution in [-0.4, -0.2) is 79.3 Å². The van der Waals surface area contributed by atoms with Crippen LogP contribution in [-0.2, 0) is 8.54 Å². The molecule has 0 amide bonds. The molecule has 0 aliphatic rings. The number of rotatable bonds is 10. The van der Waals surface area contributed by atoms with Gasteiger partial charge in [-0.1, -0.05) is 27.7 Å². The summed E-state index contributed by atoms with van der Waals surface area (Å²) in [6, 6.07) is 0. The van der Waals surface area contributed by atoms with Crippen molar-refractivity contribution in [2.75, 3.05) is 23.0 Å². The van der Waals surface area contributed by atoms with Crippen LogP contribution in [0.25, 0.3) is 0 Å². The van der Waals surface area contributed by atoms with Crippen LogP contribution in [0, 0.1) is 0 Å². The Labute approximate surface area is 157 Å². The van der Waals surface area contributed by atoms with Gasteiger partial charge in [0.25, 0.3) is 0 Å². The zero-order chi connectivity index (χ0) is 13.4. The van der Waals surface area contributed by atoms with E-state index in [-0.39, 0.29) is 51.4 Å². The first kappa shape index (κ1) is 22.4. The molecule has 1 atom stereocenters. The van der Waals surface area contributed by atoms with E-state index >= 15 is 0 Å². The van der Waals surface area contributed by atoms with Crippen molar-refractivity contribution in [3.05, 3.63) is 0 Å². The third-order valence-electron chi connectivity index (χ3n) is 3.49. The molecule has 6 heteroatoms. The first-order valence-electron chi connectivity index (χ1n) is 6.91. The van der Waals surface area contributed by atoms with E-state index in [4.69, 9.17) is 3.97 Å². The quantitative estimate of drug-likeness (QED) is 0.368. The summed E-state index contributed by atoms with van der Waals surface area (Å²) in [5.74, 6) is 4.05. The average Bonchev–Trinajstić information content (AvgIpc) is 2.17. The molecule has 1 unspecified atom stereocenters. The van der Waals surface area contributed by atoms with Gasteiger partial charge in [-0.15, -0.1) is 0 Å². The van der Waals surface area contributed by atoms with Crippen LogP contribution in [0.1, 0.15) is 53.4 Å². The minimum absolute atomic E-state index is 0. The molecule has 110 valence electrons. The van der Waals surface area contributed by atoms with Crippen molar-refractivity contribution in [3.63, 3.8) is 0 Å². The SMILES string of the molecule is CCC[SH](CCC)(CCC)(CCC)O[PH](=O)O.[KH]. The predicted octanol–water partition coefficient (Wildman–Crippen LogP) is 3.36. The molecular formula is C12H32KO3PS. The van der Waals surface area contributed by atoms with Crippen LogP contribution in [0.4, 0.5) is 0 Å². The molecule has 18 heavy (non-hydrogen) atoms. The molecule has 0 spiro atoms. The summed E-state index contributed by atoms with van der Waals surface area (Å²) < 4.78 is 17.1. The Bertz CT molecular complexity index is 216. The number of hydrogen-bond acceptors (Lipinski definition) is 2. The third kappa shape index (κ3) is 6.73. The fourth-order valence-electron chi connectivity index (χ4n) is 3.34. The first-order chi connectivity index (χ1) is 7.97. The van der Waals surface area contributed by atoms with Gasteiger partial charge in [0.05, 0.1) is 0 Å². The molecular weight excluding hydrogens is 294 g/mol. The van der Waals surface area contributed by atoms with E-state index in [2.05, 4.69) is 27.7 Å². The molecule has 0 bridgehead atoms. The van der Waals surface area contributed by atoms with Crippen LogP contribution in [0.15, 0.2) is 0 Å². The molecule has 0 aromatic carbocycles. The van der Waals surface area contributed by atoms with E-state index in [0.29, 0.717) is 0 Å². The van der Waals surface area contributed by atoms with Gasteiger partial charge in [-0.3, -0.25) is 8.54 Å². The summed E-state index contributed by atoms with van der Waals surface area (Å²) in [6.07, 6.45) is 4.19. The molecule has 0 aromatic heterocycles. The summed E-state index contributed by atoms with van der Waals surface area (Å²) in [7, 11) is -5.24. The summed E-state index contributed by atoms with van der Waals surface area (Å²) in [5.41, 5.74) is 0. The zero-order valence-corrected chi connectivity index (χ0v) is 13.8. The van der Waals surface area contributed by atoms with Crippen molar-refractivity contribution in [3.8, 4) is 0 Å². The average molecular weight is 327 g/mol. The van der Waals surface area contributed by atoms with E-state index in [1.54, 1.807) is 0 Å². The van der Waals surface area contributed by atoms with Crippen LogP contribution >= 0.6 is 17.7 Å².